The Morgan fingerprint density at radius 3 is 2.62 bits per heavy atom. The van der Waals surface area contributed by atoms with Gasteiger partial charge in [0.2, 0.25) is 0 Å². The molecule has 1 amide bonds. The predicted molar refractivity (Wildman–Crippen MR) is 114 cm³/mol. The monoisotopic (exact) mass is 388 g/mol. The van der Waals surface area contributed by atoms with Crippen LogP contribution in [0.1, 0.15) is 65.1 Å². The Bertz CT molecular complexity index is 1010. The molecule has 1 N–H and O–H groups in total. The number of hydrogen-bond donors (Lipinski definition) is 1. The second kappa shape index (κ2) is 7.64. The fourth-order valence-corrected chi connectivity index (χ4v) is 4.43. The lowest BCUT2D eigenvalue weighted by Gasteiger charge is -2.28. The summed E-state index contributed by atoms with van der Waals surface area (Å²) in [6.07, 6.45) is 6.81. The summed E-state index contributed by atoms with van der Waals surface area (Å²) >= 11 is 0. The fraction of sp³-hybridized carbons (Fsp3) is 0.417. The summed E-state index contributed by atoms with van der Waals surface area (Å²) in [5.41, 5.74) is 3.98. The lowest BCUT2D eigenvalue weighted by atomic mass is 10.0. The van der Waals surface area contributed by atoms with E-state index in [0.29, 0.717) is 18.2 Å². The maximum Gasteiger partial charge on any atom is 0.272 e. The Balaban J connectivity index is 1.38. The predicted octanol–water partition coefficient (Wildman–Crippen LogP) is 4.09. The molecule has 29 heavy (non-hydrogen) atoms. The van der Waals surface area contributed by atoms with Gasteiger partial charge in [-0.15, -0.1) is 0 Å². The van der Waals surface area contributed by atoms with Crippen molar-refractivity contribution in [2.24, 2.45) is 0 Å². The molecule has 1 saturated heterocycles. The summed E-state index contributed by atoms with van der Waals surface area (Å²) < 4.78 is 2.09. The molecule has 150 valence electrons. The van der Waals surface area contributed by atoms with Crippen LogP contribution >= 0.6 is 0 Å². The Morgan fingerprint density at radius 2 is 1.90 bits per heavy atom. The topological polar surface area (TPSA) is 49.6 Å². The fourth-order valence-electron chi connectivity index (χ4n) is 4.43. The van der Waals surface area contributed by atoms with E-state index >= 15 is 0 Å². The first-order valence-corrected chi connectivity index (χ1v) is 10.8. The number of rotatable bonds is 6. The zero-order valence-corrected chi connectivity index (χ0v) is 17.0. The van der Waals surface area contributed by atoms with Gasteiger partial charge in [-0.3, -0.25) is 9.69 Å². The highest BCUT2D eigenvalue weighted by Crippen LogP contribution is 2.40. The van der Waals surface area contributed by atoms with Crippen molar-refractivity contribution in [3.8, 4) is 0 Å². The molecular weight excluding hydrogens is 360 g/mol. The number of fused-ring (bicyclic) bond motifs is 1. The molecule has 1 saturated carbocycles. The summed E-state index contributed by atoms with van der Waals surface area (Å²) in [6, 6.07) is 14.9. The van der Waals surface area contributed by atoms with Gasteiger partial charge < -0.3 is 9.72 Å². The maximum absolute atomic E-state index is 13.1. The first-order valence-electron chi connectivity index (χ1n) is 10.8. The van der Waals surface area contributed by atoms with Crippen LogP contribution in [0.4, 0.5) is 0 Å². The SMILES string of the molecule is Cc1ccc(C(CNC(=O)c2nc(C3CC3)n3ccccc23)N2CCCC2)cc1. The van der Waals surface area contributed by atoms with Gasteiger partial charge in [0.05, 0.1) is 11.6 Å². The van der Waals surface area contributed by atoms with Crippen LogP contribution in [-0.2, 0) is 0 Å². The molecule has 1 aliphatic carbocycles. The second-order valence-corrected chi connectivity index (χ2v) is 8.43. The Morgan fingerprint density at radius 1 is 1.14 bits per heavy atom. The van der Waals surface area contributed by atoms with Gasteiger partial charge in [0.25, 0.3) is 5.91 Å². The Hall–Kier alpha value is -2.66. The molecule has 5 rings (SSSR count). The minimum absolute atomic E-state index is 0.0723. The van der Waals surface area contributed by atoms with Crippen molar-refractivity contribution >= 4 is 11.4 Å². The number of carbonyl (C=O) groups is 1. The summed E-state index contributed by atoms with van der Waals surface area (Å²) in [6.45, 7) is 4.89. The van der Waals surface area contributed by atoms with E-state index in [-0.39, 0.29) is 11.9 Å². The quantitative estimate of drug-likeness (QED) is 0.692. The molecule has 0 bridgehead atoms. The van der Waals surface area contributed by atoms with E-state index < -0.39 is 0 Å². The van der Waals surface area contributed by atoms with E-state index in [2.05, 4.69) is 45.8 Å². The summed E-state index contributed by atoms with van der Waals surface area (Å²) in [7, 11) is 0. The Kier molecular flexibility index (Phi) is 4.84. The highest BCUT2D eigenvalue weighted by molar-refractivity contribution is 5.99. The number of likely N-dealkylation sites (tertiary alicyclic amines) is 1. The summed E-state index contributed by atoms with van der Waals surface area (Å²) in [4.78, 5) is 20.4. The molecule has 5 nitrogen and oxygen atoms in total. The number of imidazole rings is 1. The van der Waals surface area contributed by atoms with Gasteiger partial charge in [0, 0.05) is 18.7 Å². The van der Waals surface area contributed by atoms with Crippen LogP contribution in [0.5, 0.6) is 0 Å². The van der Waals surface area contributed by atoms with Crippen molar-refractivity contribution in [2.45, 2.75) is 44.6 Å². The van der Waals surface area contributed by atoms with Crippen molar-refractivity contribution in [3.05, 3.63) is 71.3 Å². The van der Waals surface area contributed by atoms with Crippen molar-refractivity contribution in [1.82, 2.24) is 19.6 Å². The zero-order valence-electron chi connectivity index (χ0n) is 17.0. The average Bonchev–Trinajstić information content (AvgIpc) is 3.30. The standard InChI is InChI=1S/C24H28N4O/c1-17-7-9-18(10-8-17)21(27-13-4-5-14-27)16-25-24(29)22-20-6-2-3-15-28(20)23(26-22)19-11-12-19/h2-3,6-10,15,19,21H,4-5,11-14,16H2,1H3,(H,25,29). The number of aryl methyl sites for hydroxylation is 1. The molecule has 1 aliphatic heterocycles. The molecule has 3 heterocycles. The van der Waals surface area contributed by atoms with E-state index in [1.54, 1.807) is 0 Å². The largest absolute Gasteiger partial charge is 0.349 e. The van der Waals surface area contributed by atoms with Crippen molar-refractivity contribution in [1.29, 1.82) is 0 Å². The second-order valence-electron chi connectivity index (χ2n) is 8.43. The van der Waals surface area contributed by atoms with Gasteiger partial charge in [-0.25, -0.2) is 4.98 Å². The number of aromatic nitrogens is 2. The number of benzene rings is 1. The van der Waals surface area contributed by atoms with Crippen LogP contribution in [0, 0.1) is 6.92 Å². The van der Waals surface area contributed by atoms with Crippen molar-refractivity contribution in [3.63, 3.8) is 0 Å². The van der Waals surface area contributed by atoms with Gasteiger partial charge in [-0.2, -0.15) is 0 Å². The molecule has 0 radical (unpaired) electrons. The number of nitrogens with zero attached hydrogens (tertiary/aromatic N) is 3. The number of nitrogens with one attached hydrogen (secondary N) is 1. The van der Waals surface area contributed by atoms with E-state index in [9.17, 15) is 4.79 Å². The molecule has 1 unspecified atom stereocenters. The van der Waals surface area contributed by atoms with E-state index in [1.165, 1.54) is 36.8 Å². The Labute approximate surface area is 171 Å². The van der Waals surface area contributed by atoms with Crippen LogP contribution in [-0.4, -0.2) is 39.8 Å². The minimum atomic E-state index is -0.0723. The normalized spacial score (nSPS) is 18.2. The van der Waals surface area contributed by atoms with E-state index in [1.807, 2.05) is 24.4 Å². The molecule has 1 atom stereocenters. The molecular formula is C24H28N4O. The highest BCUT2D eigenvalue weighted by Gasteiger charge is 2.31. The van der Waals surface area contributed by atoms with Gasteiger partial charge in [-0.05, 0) is 63.4 Å². The third-order valence-electron chi connectivity index (χ3n) is 6.23. The number of hydrogen-bond acceptors (Lipinski definition) is 3. The first-order chi connectivity index (χ1) is 14.2. The van der Waals surface area contributed by atoms with Crippen molar-refractivity contribution < 1.29 is 4.79 Å². The summed E-state index contributed by atoms with van der Waals surface area (Å²) in [5.74, 6) is 1.45. The third kappa shape index (κ3) is 3.67. The number of pyridine rings is 1. The molecule has 0 spiro atoms. The molecule has 1 aromatic carbocycles. The lowest BCUT2D eigenvalue weighted by molar-refractivity contribution is 0.0935. The molecule has 3 aromatic rings. The van der Waals surface area contributed by atoms with Crippen LogP contribution < -0.4 is 5.32 Å². The van der Waals surface area contributed by atoms with E-state index in [0.717, 1.165) is 24.4 Å². The molecule has 2 aliphatic rings. The average molecular weight is 389 g/mol. The van der Waals surface area contributed by atoms with Gasteiger partial charge in [0.1, 0.15) is 5.82 Å². The van der Waals surface area contributed by atoms with Gasteiger partial charge in [-0.1, -0.05) is 35.9 Å². The van der Waals surface area contributed by atoms with Crippen LogP contribution in [0.15, 0.2) is 48.7 Å². The third-order valence-corrected chi connectivity index (χ3v) is 6.23. The number of carbonyl (C=O) groups excluding carboxylic acids is 1. The maximum atomic E-state index is 13.1. The molecule has 2 fully saturated rings. The van der Waals surface area contributed by atoms with Crippen molar-refractivity contribution in [2.75, 3.05) is 19.6 Å². The zero-order chi connectivity index (χ0) is 19.8. The first kappa shape index (κ1) is 18.4. The molecule has 2 aromatic heterocycles. The smallest absolute Gasteiger partial charge is 0.272 e. The minimum Gasteiger partial charge on any atom is -0.349 e. The van der Waals surface area contributed by atoms with Crippen LogP contribution in [0.3, 0.4) is 0 Å². The van der Waals surface area contributed by atoms with Crippen LogP contribution in [0.2, 0.25) is 0 Å². The number of amides is 1. The van der Waals surface area contributed by atoms with Crippen LogP contribution in [0.25, 0.3) is 5.52 Å². The van der Waals surface area contributed by atoms with E-state index in [4.69, 9.17) is 4.98 Å². The molecule has 5 heteroatoms. The lowest BCUT2D eigenvalue weighted by Crippen LogP contribution is -2.37. The summed E-state index contributed by atoms with van der Waals surface area (Å²) in [5, 5.41) is 3.20. The highest BCUT2D eigenvalue weighted by atomic mass is 16.1. The van der Waals surface area contributed by atoms with Gasteiger partial charge >= 0.3 is 0 Å². The van der Waals surface area contributed by atoms with Gasteiger partial charge in [0.15, 0.2) is 5.69 Å².